The molecule has 206 valence electrons. The Bertz CT molecular complexity index is 1370. The number of halogens is 2. The van der Waals surface area contributed by atoms with Crippen LogP contribution in [-0.4, -0.2) is 57.0 Å². The summed E-state index contributed by atoms with van der Waals surface area (Å²) in [5.41, 5.74) is 2.54. The number of fused-ring (bicyclic) bond motifs is 1. The number of nitrogens with zero attached hydrogens (tertiary/aromatic N) is 4. The number of aromatic nitrogens is 4. The summed E-state index contributed by atoms with van der Waals surface area (Å²) in [6.45, 7) is 1.39. The van der Waals surface area contributed by atoms with Crippen LogP contribution < -0.4 is 15.4 Å². The van der Waals surface area contributed by atoms with E-state index in [1.165, 1.54) is 18.5 Å². The zero-order chi connectivity index (χ0) is 27.2. The summed E-state index contributed by atoms with van der Waals surface area (Å²) >= 11 is 0. The van der Waals surface area contributed by atoms with Crippen molar-refractivity contribution < 1.29 is 23.4 Å². The van der Waals surface area contributed by atoms with Crippen molar-refractivity contribution in [1.29, 1.82) is 0 Å². The number of anilines is 1. The first kappa shape index (κ1) is 26.9. The lowest BCUT2D eigenvalue weighted by atomic mass is 10.0. The molecule has 1 unspecified atom stereocenters. The summed E-state index contributed by atoms with van der Waals surface area (Å²) in [4.78, 5) is 13.3. The van der Waals surface area contributed by atoms with Gasteiger partial charge in [-0.3, -0.25) is 4.57 Å². The van der Waals surface area contributed by atoms with Crippen molar-refractivity contribution in [3.63, 3.8) is 0 Å². The first-order valence-electron chi connectivity index (χ1n) is 13.0. The standard InChI is InChI=1S/C28H32F2N6O3/c1-38-22-6-4-5-18(11-22)14-31-15-24(37)23(12-19-9-20(29)13-21(30)10-19)35-27-26-28(33-16-32-27)36(17-34-26)25-7-2-3-8-39-25/h4-6,9-11,13,16-17,23-25,31,37H,2-3,7-8,12,14-15H2,1H3,(H,32,33,35)/t23-,24+,25?/m0/s1. The Morgan fingerprint density at radius 2 is 1.95 bits per heavy atom. The lowest BCUT2D eigenvalue weighted by molar-refractivity contribution is -0.0298. The van der Waals surface area contributed by atoms with Crippen LogP contribution in [0.25, 0.3) is 11.2 Å². The van der Waals surface area contributed by atoms with E-state index in [4.69, 9.17) is 9.47 Å². The Hall–Kier alpha value is -3.67. The van der Waals surface area contributed by atoms with Crippen molar-refractivity contribution in [1.82, 2.24) is 24.8 Å². The van der Waals surface area contributed by atoms with E-state index in [0.717, 1.165) is 36.6 Å². The Morgan fingerprint density at radius 3 is 2.72 bits per heavy atom. The molecule has 3 N–H and O–H groups in total. The zero-order valence-electron chi connectivity index (χ0n) is 21.7. The van der Waals surface area contributed by atoms with Crippen LogP contribution in [0.3, 0.4) is 0 Å². The van der Waals surface area contributed by atoms with E-state index in [1.807, 2.05) is 28.8 Å². The second-order valence-corrected chi connectivity index (χ2v) is 9.65. The van der Waals surface area contributed by atoms with Gasteiger partial charge in [0.15, 0.2) is 17.0 Å². The highest BCUT2D eigenvalue weighted by Crippen LogP contribution is 2.28. The molecule has 2 aromatic heterocycles. The molecule has 0 radical (unpaired) electrons. The fourth-order valence-corrected chi connectivity index (χ4v) is 4.84. The lowest BCUT2D eigenvalue weighted by Crippen LogP contribution is -2.42. The molecule has 1 aliphatic rings. The van der Waals surface area contributed by atoms with Gasteiger partial charge in [0.2, 0.25) is 0 Å². The zero-order valence-corrected chi connectivity index (χ0v) is 21.7. The van der Waals surface area contributed by atoms with Gasteiger partial charge in [-0.15, -0.1) is 0 Å². The third-order valence-electron chi connectivity index (χ3n) is 6.81. The number of ether oxygens (including phenoxy) is 2. The molecule has 1 fully saturated rings. The van der Waals surface area contributed by atoms with Crippen molar-refractivity contribution in [2.45, 2.75) is 50.6 Å². The molecule has 0 aliphatic carbocycles. The van der Waals surface area contributed by atoms with E-state index in [2.05, 4.69) is 25.6 Å². The monoisotopic (exact) mass is 538 g/mol. The maximum atomic E-state index is 14.0. The molecule has 11 heteroatoms. The third kappa shape index (κ3) is 6.67. The minimum Gasteiger partial charge on any atom is -0.497 e. The molecule has 3 heterocycles. The fraction of sp³-hybridized carbons (Fsp3) is 0.393. The fourth-order valence-electron chi connectivity index (χ4n) is 4.84. The summed E-state index contributed by atoms with van der Waals surface area (Å²) in [7, 11) is 1.61. The van der Waals surface area contributed by atoms with E-state index in [-0.39, 0.29) is 19.2 Å². The molecule has 2 aromatic carbocycles. The molecular weight excluding hydrogens is 506 g/mol. The van der Waals surface area contributed by atoms with Gasteiger partial charge in [0.25, 0.3) is 0 Å². The first-order valence-corrected chi connectivity index (χ1v) is 13.0. The number of hydrogen-bond acceptors (Lipinski definition) is 8. The molecule has 5 rings (SSSR count). The largest absolute Gasteiger partial charge is 0.497 e. The number of imidazole rings is 1. The van der Waals surface area contributed by atoms with Gasteiger partial charge >= 0.3 is 0 Å². The predicted molar refractivity (Wildman–Crippen MR) is 142 cm³/mol. The van der Waals surface area contributed by atoms with Crippen LogP contribution in [0, 0.1) is 11.6 Å². The predicted octanol–water partition coefficient (Wildman–Crippen LogP) is 3.99. The van der Waals surface area contributed by atoms with Crippen molar-refractivity contribution >= 4 is 17.0 Å². The summed E-state index contributed by atoms with van der Waals surface area (Å²) in [6, 6.07) is 10.3. The number of rotatable bonds is 11. The van der Waals surface area contributed by atoms with Crippen molar-refractivity contribution in [2.24, 2.45) is 0 Å². The Balaban J connectivity index is 1.35. The summed E-state index contributed by atoms with van der Waals surface area (Å²) in [5.74, 6) is -0.188. The number of methoxy groups -OCH3 is 1. The number of benzene rings is 2. The molecule has 1 aliphatic heterocycles. The molecule has 1 saturated heterocycles. The van der Waals surface area contributed by atoms with Gasteiger partial charge in [-0.1, -0.05) is 12.1 Å². The van der Waals surface area contributed by atoms with E-state index in [9.17, 15) is 13.9 Å². The first-order chi connectivity index (χ1) is 19.0. The topological polar surface area (TPSA) is 106 Å². The minimum absolute atomic E-state index is 0.147. The minimum atomic E-state index is -0.935. The number of aliphatic hydroxyl groups excluding tert-OH is 1. The molecule has 3 atom stereocenters. The van der Waals surface area contributed by atoms with Gasteiger partial charge in [0, 0.05) is 25.8 Å². The quantitative estimate of drug-likeness (QED) is 0.263. The molecule has 0 bridgehead atoms. The summed E-state index contributed by atoms with van der Waals surface area (Å²) in [5, 5.41) is 17.7. The maximum absolute atomic E-state index is 14.0. The molecule has 39 heavy (non-hydrogen) atoms. The van der Waals surface area contributed by atoms with E-state index in [0.29, 0.717) is 35.7 Å². The van der Waals surface area contributed by atoms with E-state index in [1.54, 1.807) is 13.4 Å². The van der Waals surface area contributed by atoms with Crippen molar-refractivity contribution in [3.8, 4) is 5.75 Å². The highest BCUT2D eigenvalue weighted by molar-refractivity contribution is 5.82. The molecule has 0 spiro atoms. The molecule has 0 saturated carbocycles. The Labute approximate surface area is 225 Å². The van der Waals surface area contributed by atoms with Gasteiger partial charge < -0.3 is 25.2 Å². The second-order valence-electron chi connectivity index (χ2n) is 9.65. The lowest BCUT2D eigenvalue weighted by Gasteiger charge is -2.26. The van der Waals surface area contributed by atoms with Crippen LogP contribution in [0.5, 0.6) is 5.75 Å². The normalized spacial score (nSPS) is 17.2. The molecule has 4 aromatic rings. The molecular formula is C28H32F2N6O3. The van der Waals surface area contributed by atoms with Crippen LogP contribution in [0.4, 0.5) is 14.6 Å². The Morgan fingerprint density at radius 1 is 1.10 bits per heavy atom. The highest BCUT2D eigenvalue weighted by atomic mass is 19.1. The Kier molecular flexibility index (Phi) is 8.60. The smallest absolute Gasteiger partial charge is 0.167 e. The van der Waals surface area contributed by atoms with Crippen molar-refractivity contribution in [2.75, 3.05) is 25.6 Å². The second kappa shape index (κ2) is 12.5. The highest BCUT2D eigenvalue weighted by Gasteiger charge is 2.24. The number of aliphatic hydroxyl groups is 1. The maximum Gasteiger partial charge on any atom is 0.167 e. The van der Waals surface area contributed by atoms with Crippen LogP contribution >= 0.6 is 0 Å². The average molecular weight is 539 g/mol. The number of nitrogens with one attached hydrogen (secondary N) is 2. The molecule has 0 amide bonds. The SMILES string of the molecule is COc1cccc(CNC[C@@H](O)[C@H](Cc2cc(F)cc(F)c2)Nc2ncnc3c2ncn3C2CCCCO2)c1. The summed E-state index contributed by atoms with van der Waals surface area (Å²) in [6.07, 6.45) is 5.12. The van der Waals surface area contributed by atoms with Crippen LogP contribution in [0.1, 0.15) is 36.6 Å². The van der Waals surface area contributed by atoms with Crippen LogP contribution in [0.2, 0.25) is 0 Å². The van der Waals surface area contributed by atoms with Gasteiger partial charge in [-0.2, -0.15) is 0 Å². The molecule has 9 nitrogen and oxygen atoms in total. The number of hydrogen-bond donors (Lipinski definition) is 3. The summed E-state index contributed by atoms with van der Waals surface area (Å²) < 4.78 is 41.0. The van der Waals surface area contributed by atoms with Gasteiger partial charge in [-0.05, 0) is 61.1 Å². The van der Waals surface area contributed by atoms with Gasteiger partial charge in [0.1, 0.15) is 29.9 Å². The third-order valence-corrected chi connectivity index (χ3v) is 6.81. The van der Waals surface area contributed by atoms with Gasteiger partial charge in [-0.25, -0.2) is 23.7 Å². The van der Waals surface area contributed by atoms with Crippen LogP contribution in [0.15, 0.2) is 55.1 Å². The van der Waals surface area contributed by atoms with E-state index < -0.39 is 23.8 Å². The van der Waals surface area contributed by atoms with Crippen molar-refractivity contribution in [3.05, 3.63) is 77.9 Å². The van der Waals surface area contributed by atoms with E-state index >= 15 is 0 Å². The van der Waals surface area contributed by atoms with Crippen LogP contribution in [-0.2, 0) is 17.7 Å². The van der Waals surface area contributed by atoms with Gasteiger partial charge in [0.05, 0.1) is 25.6 Å². The average Bonchev–Trinajstić information content (AvgIpc) is 3.38.